The van der Waals surface area contributed by atoms with Gasteiger partial charge in [0, 0.05) is 48.5 Å². The number of piperidine rings is 1. The summed E-state index contributed by atoms with van der Waals surface area (Å²) in [4.78, 5) is 36.9. The molecule has 1 aliphatic heterocycles. The van der Waals surface area contributed by atoms with E-state index in [4.69, 9.17) is 4.74 Å². The number of pyridine rings is 2. The first kappa shape index (κ1) is 26.6. The third-order valence-electron chi connectivity index (χ3n) is 7.26. The number of carbonyl (C=O) groups is 2. The summed E-state index contributed by atoms with van der Waals surface area (Å²) in [5.74, 6) is 0.684. The Balaban J connectivity index is 1.17. The summed E-state index contributed by atoms with van der Waals surface area (Å²) in [6.07, 6.45) is 11.0. The Hall–Kier alpha value is -3.98. The summed E-state index contributed by atoms with van der Waals surface area (Å²) in [5.41, 5.74) is 2.84. The lowest BCUT2D eigenvalue weighted by Crippen LogP contribution is -2.43. The second-order valence-corrected chi connectivity index (χ2v) is 10.5. The van der Waals surface area contributed by atoms with E-state index in [0.717, 1.165) is 43.7 Å². The molecular formula is C30H36N6O3. The molecule has 9 nitrogen and oxygen atoms in total. The van der Waals surface area contributed by atoms with Gasteiger partial charge in [0.25, 0.3) is 5.91 Å². The molecule has 1 atom stereocenters. The summed E-state index contributed by atoms with van der Waals surface area (Å²) in [6.45, 7) is 2.03. The van der Waals surface area contributed by atoms with Crippen LogP contribution in [0.25, 0.3) is 0 Å². The summed E-state index contributed by atoms with van der Waals surface area (Å²) in [7, 11) is 2.12. The number of anilines is 3. The largest absolute Gasteiger partial charge is 0.474 e. The van der Waals surface area contributed by atoms with Crippen LogP contribution in [0.4, 0.5) is 17.1 Å². The SMILES string of the molecule is CN1CCC(Oc2ccc(NC(=O)C(CCC3CC3)NC(=O)c3ccc(Nc4ccncc4)cc3)cn2)CC1. The van der Waals surface area contributed by atoms with Crippen molar-refractivity contribution in [3.8, 4) is 5.88 Å². The summed E-state index contributed by atoms with van der Waals surface area (Å²) in [6, 6.07) is 13.9. The Kier molecular flexibility index (Phi) is 8.68. The molecule has 3 N–H and O–H groups in total. The number of likely N-dealkylation sites (tertiary alicyclic amines) is 1. The van der Waals surface area contributed by atoms with Gasteiger partial charge in [-0.3, -0.25) is 14.6 Å². The molecule has 2 aliphatic rings. The highest BCUT2D eigenvalue weighted by atomic mass is 16.5. The fraction of sp³-hybridized carbons (Fsp3) is 0.400. The fourth-order valence-electron chi connectivity index (χ4n) is 4.65. The number of hydrogen-bond donors (Lipinski definition) is 3. The van der Waals surface area contributed by atoms with Crippen molar-refractivity contribution < 1.29 is 14.3 Å². The highest BCUT2D eigenvalue weighted by molar-refractivity contribution is 6.01. The van der Waals surface area contributed by atoms with Crippen LogP contribution >= 0.6 is 0 Å². The minimum atomic E-state index is -0.636. The van der Waals surface area contributed by atoms with Crippen molar-refractivity contribution >= 4 is 28.9 Å². The normalized spacial score (nSPS) is 16.7. The molecule has 1 unspecified atom stereocenters. The monoisotopic (exact) mass is 528 g/mol. The van der Waals surface area contributed by atoms with Crippen LogP contribution in [-0.2, 0) is 4.79 Å². The van der Waals surface area contributed by atoms with Crippen LogP contribution in [0.2, 0.25) is 0 Å². The Labute approximate surface area is 229 Å². The van der Waals surface area contributed by atoms with Crippen LogP contribution in [0.5, 0.6) is 5.88 Å². The summed E-state index contributed by atoms with van der Waals surface area (Å²) < 4.78 is 6.01. The Morgan fingerprint density at radius 2 is 1.64 bits per heavy atom. The van der Waals surface area contributed by atoms with Crippen molar-refractivity contribution in [2.45, 2.75) is 50.7 Å². The minimum absolute atomic E-state index is 0.164. The van der Waals surface area contributed by atoms with E-state index in [2.05, 4.69) is 37.9 Å². The number of amides is 2. The molecule has 2 fully saturated rings. The van der Waals surface area contributed by atoms with Crippen molar-refractivity contribution in [3.63, 3.8) is 0 Å². The van der Waals surface area contributed by atoms with Gasteiger partial charge in [-0.15, -0.1) is 0 Å². The molecule has 5 rings (SSSR count). The number of aromatic nitrogens is 2. The average molecular weight is 529 g/mol. The Bertz CT molecular complexity index is 1220. The van der Waals surface area contributed by atoms with Gasteiger partial charge in [0.05, 0.1) is 11.9 Å². The number of carbonyl (C=O) groups excluding carboxylic acids is 2. The highest BCUT2D eigenvalue weighted by Crippen LogP contribution is 2.34. The molecule has 9 heteroatoms. The molecule has 1 aromatic carbocycles. The zero-order chi connectivity index (χ0) is 27.0. The van der Waals surface area contributed by atoms with E-state index in [-0.39, 0.29) is 17.9 Å². The molecule has 39 heavy (non-hydrogen) atoms. The lowest BCUT2D eigenvalue weighted by molar-refractivity contribution is -0.118. The highest BCUT2D eigenvalue weighted by Gasteiger charge is 2.27. The molecule has 1 saturated carbocycles. The molecule has 3 heterocycles. The van der Waals surface area contributed by atoms with Gasteiger partial charge in [-0.2, -0.15) is 0 Å². The second-order valence-electron chi connectivity index (χ2n) is 10.5. The van der Waals surface area contributed by atoms with Crippen LogP contribution in [0, 0.1) is 5.92 Å². The first-order valence-corrected chi connectivity index (χ1v) is 13.7. The first-order valence-electron chi connectivity index (χ1n) is 13.7. The maximum atomic E-state index is 13.2. The fourth-order valence-corrected chi connectivity index (χ4v) is 4.65. The molecule has 1 saturated heterocycles. The number of rotatable bonds is 11. The van der Waals surface area contributed by atoms with Crippen molar-refractivity contribution in [2.75, 3.05) is 30.8 Å². The first-order chi connectivity index (χ1) is 19.0. The van der Waals surface area contributed by atoms with Crippen LogP contribution in [0.3, 0.4) is 0 Å². The number of nitrogens with one attached hydrogen (secondary N) is 3. The Morgan fingerprint density at radius 3 is 2.31 bits per heavy atom. The van der Waals surface area contributed by atoms with Gasteiger partial charge in [0.1, 0.15) is 12.1 Å². The van der Waals surface area contributed by atoms with Gasteiger partial charge in [-0.25, -0.2) is 4.98 Å². The molecule has 2 aromatic heterocycles. The van der Waals surface area contributed by atoms with Crippen LogP contribution in [0.15, 0.2) is 67.1 Å². The van der Waals surface area contributed by atoms with Gasteiger partial charge in [0.15, 0.2) is 0 Å². The average Bonchev–Trinajstić information content (AvgIpc) is 3.79. The molecule has 204 valence electrons. The quantitative estimate of drug-likeness (QED) is 0.333. The Morgan fingerprint density at radius 1 is 0.949 bits per heavy atom. The molecule has 2 amide bonds. The van der Waals surface area contributed by atoms with E-state index < -0.39 is 6.04 Å². The second kappa shape index (κ2) is 12.7. The number of benzene rings is 1. The van der Waals surface area contributed by atoms with Crippen molar-refractivity contribution in [2.24, 2.45) is 5.92 Å². The zero-order valence-corrected chi connectivity index (χ0v) is 22.3. The van der Waals surface area contributed by atoms with E-state index in [1.54, 1.807) is 42.9 Å². The van der Waals surface area contributed by atoms with E-state index in [1.807, 2.05) is 24.3 Å². The minimum Gasteiger partial charge on any atom is -0.474 e. The predicted molar refractivity (Wildman–Crippen MR) is 151 cm³/mol. The maximum absolute atomic E-state index is 13.2. The number of nitrogens with zero attached hydrogens (tertiary/aromatic N) is 3. The maximum Gasteiger partial charge on any atom is 0.251 e. The molecule has 0 spiro atoms. The standard InChI is InChI=1S/C30H36N6O3/c1-36-18-14-26(15-19-36)39-28-11-9-25(20-32-28)34-30(38)27(10-4-21-2-3-21)35-29(37)22-5-7-23(8-6-22)33-24-12-16-31-17-13-24/h5-9,11-13,16-17,20-21,26-27H,2-4,10,14-15,18-19H2,1H3,(H,31,33)(H,34,38)(H,35,37). The smallest absolute Gasteiger partial charge is 0.251 e. The topological polar surface area (TPSA) is 108 Å². The molecule has 3 aromatic rings. The van der Waals surface area contributed by atoms with E-state index in [9.17, 15) is 9.59 Å². The van der Waals surface area contributed by atoms with E-state index in [0.29, 0.717) is 29.5 Å². The van der Waals surface area contributed by atoms with Crippen molar-refractivity contribution in [1.29, 1.82) is 0 Å². The van der Waals surface area contributed by atoms with E-state index in [1.165, 1.54) is 12.8 Å². The van der Waals surface area contributed by atoms with Gasteiger partial charge in [-0.05, 0) is 81.1 Å². The van der Waals surface area contributed by atoms with E-state index >= 15 is 0 Å². The van der Waals surface area contributed by atoms with Crippen molar-refractivity contribution in [3.05, 3.63) is 72.7 Å². The van der Waals surface area contributed by atoms with Gasteiger partial charge >= 0.3 is 0 Å². The lowest BCUT2D eigenvalue weighted by Gasteiger charge is -2.28. The third kappa shape index (κ3) is 8.00. The van der Waals surface area contributed by atoms with Crippen LogP contribution in [-0.4, -0.2) is 59.0 Å². The number of hydrogen-bond acceptors (Lipinski definition) is 7. The van der Waals surface area contributed by atoms with Crippen molar-refractivity contribution in [1.82, 2.24) is 20.2 Å². The lowest BCUT2D eigenvalue weighted by atomic mass is 10.1. The third-order valence-corrected chi connectivity index (χ3v) is 7.26. The molecule has 1 aliphatic carbocycles. The predicted octanol–water partition coefficient (Wildman–Crippen LogP) is 4.62. The zero-order valence-electron chi connectivity index (χ0n) is 22.3. The summed E-state index contributed by atoms with van der Waals surface area (Å²) in [5, 5.41) is 9.14. The summed E-state index contributed by atoms with van der Waals surface area (Å²) >= 11 is 0. The van der Waals surface area contributed by atoms with Crippen LogP contribution < -0.4 is 20.7 Å². The molecule has 0 radical (unpaired) electrons. The molecular weight excluding hydrogens is 492 g/mol. The van der Waals surface area contributed by atoms with Gasteiger partial charge in [-0.1, -0.05) is 12.8 Å². The number of ether oxygens (including phenoxy) is 1. The van der Waals surface area contributed by atoms with Gasteiger partial charge < -0.3 is 25.6 Å². The van der Waals surface area contributed by atoms with Crippen LogP contribution in [0.1, 0.15) is 48.9 Å². The molecule has 0 bridgehead atoms. The van der Waals surface area contributed by atoms with Gasteiger partial charge in [0.2, 0.25) is 11.8 Å².